The molecule has 0 atom stereocenters. The third-order valence-corrected chi connectivity index (χ3v) is 4.47. The fraction of sp³-hybridized carbons (Fsp3) is 0.350. The molecule has 0 spiro atoms. The van der Waals surface area contributed by atoms with Crippen LogP contribution in [-0.4, -0.2) is 46.4 Å². The molecule has 8 heteroatoms. The molecule has 0 saturated heterocycles. The van der Waals surface area contributed by atoms with Gasteiger partial charge in [-0.05, 0) is 38.1 Å². The van der Waals surface area contributed by atoms with Gasteiger partial charge >= 0.3 is 5.97 Å². The molecule has 3 aromatic heterocycles. The van der Waals surface area contributed by atoms with Crippen LogP contribution < -0.4 is 0 Å². The number of carbonyl (C=O) groups excluding carboxylic acids is 2. The lowest BCUT2D eigenvalue weighted by molar-refractivity contribution is 0.0442. The molecule has 0 amide bonds. The number of Topliss-reactive ketones (excluding diaryl/α,β-unsaturated/α-hetero) is 1. The van der Waals surface area contributed by atoms with Crippen molar-refractivity contribution in [3.63, 3.8) is 0 Å². The second-order valence-corrected chi connectivity index (χ2v) is 6.40. The SMILES string of the molecule is COCCn1c(C)cc(C(=O)COC(=O)c2ccc(Cn3cccn3)o2)c1C. The Labute approximate surface area is 162 Å². The van der Waals surface area contributed by atoms with Crippen LogP contribution in [0.15, 0.2) is 41.1 Å². The molecular weight excluding hydrogens is 362 g/mol. The van der Waals surface area contributed by atoms with Gasteiger partial charge in [-0.15, -0.1) is 0 Å². The van der Waals surface area contributed by atoms with Gasteiger partial charge in [0.15, 0.2) is 6.61 Å². The first-order valence-electron chi connectivity index (χ1n) is 8.91. The summed E-state index contributed by atoms with van der Waals surface area (Å²) in [6.45, 7) is 5.07. The third kappa shape index (κ3) is 4.40. The maximum absolute atomic E-state index is 12.5. The molecule has 0 aromatic carbocycles. The van der Waals surface area contributed by atoms with Crippen molar-refractivity contribution >= 4 is 11.8 Å². The first-order chi connectivity index (χ1) is 13.5. The molecule has 3 heterocycles. The zero-order valence-corrected chi connectivity index (χ0v) is 16.2. The summed E-state index contributed by atoms with van der Waals surface area (Å²) in [6.07, 6.45) is 3.46. The number of nitrogens with zero attached hydrogens (tertiary/aromatic N) is 3. The zero-order valence-electron chi connectivity index (χ0n) is 16.2. The molecule has 0 bridgehead atoms. The zero-order chi connectivity index (χ0) is 20.1. The number of hydrogen-bond donors (Lipinski definition) is 0. The Balaban J connectivity index is 1.59. The van der Waals surface area contributed by atoms with E-state index in [9.17, 15) is 9.59 Å². The summed E-state index contributed by atoms with van der Waals surface area (Å²) in [7, 11) is 1.63. The minimum Gasteiger partial charge on any atom is -0.452 e. The number of aryl methyl sites for hydroxylation is 1. The molecule has 148 valence electrons. The minimum atomic E-state index is -0.673. The molecule has 3 aromatic rings. The van der Waals surface area contributed by atoms with Gasteiger partial charge in [0.2, 0.25) is 11.5 Å². The Bertz CT molecular complexity index is 953. The molecule has 0 aliphatic rings. The van der Waals surface area contributed by atoms with Crippen molar-refractivity contribution in [2.45, 2.75) is 26.9 Å². The van der Waals surface area contributed by atoms with E-state index in [-0.39, 0.29) is 18.2 Å². The van der Waals surface area contributed by atoms with E-state index in [1.54, 1.807) is 42.4 Å². The molecule has 8 nitrogen and oxygen atoms in total. The number of esters is 1. The predicted octanol–water partition coefficient (Wildman–Crippen LogP) is 2.63. The normalized spacial score (nSPS) is 11.0. The second kappa shape index (κ2) is 8.71. The van der Waals surface area contributed by atoms with E-state index < -0.39 is 5.97 Å². The number of methoxy groups -OCH3 is 1. The third-order valence-electron chi connectivity index (χ3n) is 4.47. The van der Waals surface area contributed by atoms with Gasteiger partial charge in [-0.1, -0.05) is 0 Å². The average molecular weight is 385 g/mol. The van der Waals surface area contributed by atoms with Gasteiger partial charge in [-0.2, -0.15) is 5.10 Å². The molecule has 0 fully saturated rings. The van der Waals surface area contributed by atoms with Gasteiger partial charge in [0.1, 0.15) is 5.76 Å². The summed E-state index contributed by atoms with van der Waals surface area (Å²) in [5.41, 5.74) is 2.33. The molecule has 3 rings (SSSR count). The molecule has 0 N–H and O–H groups in total. The van der Waals surface area contributed by atoms with E-state index in [0.29, 0.717) is 31.0 Å². The summed E-state index contributed by atoms with van der Waals surface area (Å²) in [5.74, 6) is -0.300. The number of rotatable bonds is 9. The van der Waals surface area contributed by atoms with E-state index in [0.717, 1.165) is 11.4 Å². The molecular formula is C20H23N3O5. The Morgan fingerprint density at radius 3 is 2.79 bits per heavy atom. The van der Waals surface area contributed by atoms with E-state index in [4.69, 9.17) is 13.9 Å². The van der Waals surface area contributed by atoms with Gasteiger partial charge in [-0.25, -0.2) is 4.79 Å². The largest absolute Gasteiger partial charge is 0.452 e. The van der Waals surface area contributed by atoms with E-state index in [2.05, 4.69) is 5.10 Å². The van der Waals surface area contributed by atoms with Crippen LogP contribution in [0.1, 0.15) is 38.1 Å². The maximum atomic E-state index is 12.5. The van der Waals surface area contributed by atoms with Crippen LogP contribution in [0.5, 0.6) is 0 Å². The Kier molecular flexibility index (Phi) is 6.10. The van der Waals surface area contributed by atoms with Crippen LogP contribution >= 0.6 is 0 Å². The van der Waals surface area contributed by atoms with Crippen molar-refractivity contribution in [1.29, 1.82) is 0 Å². The predicted molar refractivity (Wildman–Crippen MR) is 100 cm³/mol. The number of carbonyl (C=O) groups is 2. The molecule has 0 aliphatic heterocycles. The summed E-state index contributed by atoms with van der Waals surface area (Å²) >= 11 is 0. The highest BCUT2D eigenvalue weighted by Gasteiger charge is 2.19. The molecule has 0 radical (unpaired) electrons. The van der Waals surface area contributed by atoms with Gasteiger partial charge in [0.05, 0.1) is 13.2 Å². The molecule has 0 aliphatic carbocycles. The Morgan fingerprint density at radius 2 is 2.07 bits per heavy atom. The average Bonchev–Trinajstić information content (AvgIpc) is 3.41. The van der Waals surface area contributed by atoms with Crippen molar-refractivity contribution in [3.8, 4) is 0 Å². The first kappa shape index (κ1) is 19.6. The second-order valence-electron chi connectivity index (χ2n) is 6.40. The lowest BCUT2D eigenvalue weighted by atomic mass is 10.1. The quantitative estimate of drug-likeness (QED) is 0.416. The fourth-order valence-corrected chi connectivity index (χ4v) is 3.02. The van der Waals surface area contributed by atoms with Crippen LogP contribution in [0.3, 0.4) is 0 Å². The Hall–Kier alpha value is -3.13. The highest BCUT2D eigenvalue weighted by atomic mass is 16.5. The van der Waals surface area contributed by atoms with Gasteiger partial charge < -0.3 is 18.5 Å². The van der Waals surface area contributed by atoms with E-state index in [1.165, 1.54) is 6.07 Å². The summed E-state index contributed by atoms with van der Waals surface area (Å²) in [6, 6.07) is 6.82. The molecule has 0 unspecified atom stereocenters. The number of ketones is 1. The van der Waals surface area contributed by atoms with E-state index in [1.807, 2.05) is 18.4 Å². The van der Waals surface area contributed by atoms with E-state index >= 15 is 0 Å². The smallest absolute Gasteiger partial charge is 0.374 e. The van der Waals surface area contributed by atoms with Crippen molar-refractivity contribution in [1.82, 2.24) is 14.3 Å². The van der Waals surface area contributed by atoms with Gasteiger partial charge in [0.25, 0.3) is 0 Å². The highest BCUT2D eigenvalue weighted by molar-refractivity contribution is 6.00. The number of furan rings is 1. The van der Waals surface area contributed by atoms with Gasteiger partial charge in [-0.3, -0.25) is 9.48 Å². The maximum Gasteiger partial charge on any atom is 0.374 e. The molecule has 0 saturated carbocycles. The monoisotopic (exact) mass is 385 g/mol. The lowest BCUT2D eigenvalue weighted by Gasteiger charge is -2.08. The minimum absolute atomic E-state index is 0.0560. The van der Waals surface area contributed by atoms with Crippen molar-refractivity contribution in [3.05, 3.63) is 65.1 Å². The fourth-order valence-electron chi connectivity index (χ4n) is 3.02. The van der Waals surface area contributed by atoms with Crippen LogP contribution in [0.2, 0.25) is 0 Å². The van der Waals surface area contributed by atoms with Gasteiger partial charge in [0, 0.05) is 43.0 Å². The van der Waals surface area contributed by atoms with Crippen LogP contribution in [0, 0.1) is 13.8 Å². The summed E-state index contributed by atoms with van der Waals surface area (Å²) in [5, 5.41) is 4.08. The highest BCUT2D eigenvalue weighted by Crippen LogP contribution is 2.17. The Morgan fingerprint density at radius 1 is 1.25 bits per heavy atom. The topological polar surface area (TPSA) is 88.5 Å². The summed E-state index contributed by atoms with van der Waals surface area (Å²) < 4.78 is 19.4. The number of aromatic nitrogens is 3. The van der Waals surface area contributed by atoms with Crippen LogP contribution in [-0.2, 0) is 22.6 Å². The first-order valence-corrected chi connectivity index (χ1v) is 8.91. The van der Waals surface area contributed by atoms with Crippen LogP contribution in [0.25, 0.3) is 0 Å². The van der Waals surface area contributed by atoms with Crippen LogP contribution in [0.4, 0.5) is 0 Å². The van der Waals surface area contributed by atoms with Crippen molar-refractivity contribution < 1.29 is 23.5 Å². The molecule has 28 heavy (non-hydrogen) atoms. The lowest BCUT2D eigenvalue weighted by Crippen LogP contribution is -2.15. The van der Waals surface area contributed by atoms with Crippen molar-refractivity contribution in [2.75, 3.05) is 20.3 Å². The standard InChI is InChI=1S/C20H23N3O5/c1-14-11-17(15(2)23(14)9-10-26-3)18(24)13-27-20(25)19-6-5-16(28-19)12-22-8-4-7-21-22/h4-8,11H,9-10,12-13H2,1-3H3. The number of ether oxygens (including phenoxy) is 2. The number of hydrogen-bond acceptors (Lipinski definition) is 6. The summed E-state index contributed by atoms with van der Waals surface area (Å²) in [4.78, 5) is 24.7. The van der Waals surface area contributed by atoms with Crippen molar-refractivity contribution in [2.24, 2.45) is 0 Å².